The molecular weight excluding hydrogens is 234 g/mol. The standard InChI is InChI=1S/C12H17N3O3/c1-4-17-5-8(16)9-10(18-7-14-9)11-12(2,3)15-6-13-11/h6-7,11H,4-5H2,1-3H3,(H,13,15). The van der Waals surface area contributed by atoms with E-state index in [-0.39, 0.29) is 24.0 Å². The van der Waals surface area contributed by atoms with Crippen LogP contribution in [0.1, 0.15) is 43.1 Å². The third kappa shape index (κ3) is 2.28. The molecule has 1 unspecified atom stereocenters. The molecule has 0 radical (unpaired) electrons. The molecular formula is C12H17N3O3. The molecule has 0 bridgehead atoms. The van der Waals surface area contributed by atoms with Gasteiger partial charge in [0.25, 0.3) is 0 Å². The predicted octanol–water partition coefficient (Wildman–Crippen LogP) is 1.34. The molecule has 1 aromatic heterocycles. The van der Waals surface area contributed by atoms with Crippen LogP contribution in [0.3, 0.4) is 0 Å². The van der Waals surface area contributed by atoms with E-state index in [1.165, 1.54) is 6.39 Å². The second-order valence-corrected chi connectivity index (χ2v) is 4.67. The van der Waals surface area contributed by atoms with Crippen LogP contribution in [0.25, 0.3) is 0 Å². The Kier molecular flexibility index (Phi) is 3.47. The molecule has 0 fully saturated rings. The van der Waals surface area contributed by atoms with Crippen LogP contribution in [0, 0.1) is 0 Å². The average molecular weight is 251 g/mol. The second kappa shape index (κ2) is 4.89. The lowest BCUT2D eigenvalue weighted by Crippen LogP contribution is -2.38. The quantitative estimate of drug-likeness (QED) is 0.799. The molecule has 1 aromatic rings. The van der Waals surface area contributed by atoms with Crippen molar-refractivity contribution in [2.75, 3.05) is 13.2 Å². The maximum atomic E-state index is 11.9. The summed E-state index contributed by atoms with van der Waals surface area (Å²) < 4.78 is 10.4. The van der Waals surface area contributed by atoms with Gasteiger partial charge in [0.2, 0.25) is 5.78 Å². The largest absolute Gasteiger partial charge is 0.445 e. The summed E-state index contributed by atoms with van der Waals surface area (Å²) in [6, 6.07) is -0.249. The van der Waals surface area contributed by atoms with Crippen molar-refractivity contribution in [1.29, 1.82) is 0 Å². The van der Waals surface area contributed by atoms with Crippen LogP contribution in [-0.4, -0.2) is 35.9 Å². The van der Waals surface area contributed by atoms with Crippen molar-refractivity contribution in [3.05, 3.63) is 17.8 Å². The number of oxazole rings is 1. The Labute approximate surface area is 105 Å². The second-order valence-electron chi connectivity index (χ2n) is 4.67. The number of hydrogen-bond donors (Lipinski definition) is 1. The van der Waals surface area contributed by atoms with Crippen molar-refractivity contribution in [3.63, 3.8) is 0 Å². The lowest BCUT2D eigenvalue weighted by molar-refractivity contribution is 0.0775. The van der Waals surface area contributed by atoms with Gasteiger partial charge < -0.3 is 14.5 Å². The molecule has 0 saturated heterocycles. The molecule has 98 valence electrons. The lowest BCUT2D eigenvalue weighted by Gasteiger charge is -2.24. The number of ether oxygens (including phenoxy) is 1. The van der Waals surface area contributed by atoms with Crippen LogP contribution >= 0.6 is 0 Å². The molecule has 18 heavy (non-hydrogen) atoms. The molecule has 1 atom stereocenters. The number of aliphatic imine (C=N–C) groups is 1. The first kappa shape index (κ1) is 12.8. The van der Waals surface area contributed by atoms with E-state index in [1.807, 2.05) is 20.8 Å². The first-order valence-electron chi connectivity index (χ1n) is 5.90. The van der Waals surface area contributed by atoms with E-state index in [2.05, 4.69) is 15.3 Å². The molecule has 6 nitrogen and oxygen atoms in total. The summed E-state index contributed by atoms with van der Waals surface area (Å²) in [7, 11) is 0. The summed E-state index contributed by atoms with van der Waals surface area (Å²) in [6.45, 7) is 6.33. The number of ketones is 1. The topological polar surface area (TPSA) is 76.7 Å². The van der Waals surface area contributed by atoms with E-state index < -0.39 is 0 Å². The molecule has 0 aliphatic carbocycles. The van der Waals surface area contributed by atoms with Crippen molar-refractivity contribution in [3.8, 4) is 0 Å². The van der Waals surface area contributed by atoms with Crippen LogP contribution in [0.15, 0.2) is 15.8 Å². The number of rotatable bonds is 5. The summed E-state index contributed by atoms with van der Waals surface area (Å²) in [5.74, 6) is 0.310. The SMILES string of the molecule is CCOCC(=O)c1ncoc1C1N=CNC1(C)C. The van der Waals surface area contributed by atoms with E-state index in [0.29, 0.717) is 18.1 Å². The zero-order valence-corrected chi connectivity index (χ0v) is 10.8. The maximum absolute atomic E-state index is 11.9. The van der Waals surface area contributed by atoms with Crippen LogP contribution < -0.4 is 5.32 Å². The minimum absolute atomic E-state index is 0.0142. The minimum Gasteiger partial charge on any atom is -0.445 e. The number of hydrogen-bond acceptors (Lipinski definition) is 6. The number of carbonyl (C=O) groups excluding carboxylic acids is 1. The fraction of sp³-hybridized carbons (Fsp3) is 0.583. The zero-order valence-electron chi connectivity index (χ0n) is 10.8. The number of Topliss-reactive ketones (excluding diaryl/α,β-unsaturated/α-hetero) is 1. The van der Waals surface area contributed by atoms with Gasteiger partial charge in [-0.05, 0) is 20.8 Å². The molecule has 1 aliphatic heterocycles. The maximum Gasteiger partial charge on any atom is 0.210 e. The van der Waals surface area contributed by atoms with Crippen LogP contribution in [-0.2, 0) is 4.74 Å². The summed E-state index contributed by atoms with van der Waals surface area (Å²) in [5.41, 5.74) is 0.0163. The number of aromatic nitrogens is 1. The van der Waals surface area contributed by atoms with Gasteiger partial charge in [-0.25, -0.2) is 4.98 Å². The summed E-state index contributed by atoms with van der Waals surface area (Å²) in [6.07, 6.45) is 2.91. The normalized spacial score (nSPS) is 20.9. The molecule has 6 heteroatoms. The van der Waals surface area contributed by atoms with Crippen molar-refractivity contribution in [2.24, 2.45) is 4.99 Å². The molecule has 0 amide bonds. The molecule has 0 aromatic carbocycles. The Morgan fingerprint density at radius 2 is 2.39 bits per heavy atom. The van der Waals surface area contributed by atoms with Gasteiger partial charge in [-0.3, -0.25) is 9.79 Å². The highest BCUT2D eigenvalue weighted by atomic mass is 16.5. The van der Waals surface area contributed by atoms with Crippen molar-refractivity contribution in [2.45, 2.75) is 32.4 Å². The first-order chi connectivity index (χ1) is 8.56. The van der Waals surface area contributed by atoms with Gasteiger partial charge in [-0.2, -0.15) is 0 Å². The molecule has 1 aliphatic rings. The van der Waals surface area contributed by atoms with Gasteiger partial charge in [0, 0.05) is 6.61 Å². The highest BCUT2D eigenvalue weighted by molar-refractivity contribution is 5.96. The van der Waals surface area contributed by atoms with Crippen LogP contribution in [0.4, 0.5) is 0 Å². The zero-order chi connectivity index (χ0) is 13.2. The van der Waals surface area contributed by atoms with E-state index in [9.17, 15) is 4.79 Å². The molecule has 0 saturated carbocycles. The monoisotopic (exact) mass is 251 g/mol. The number of nitrogens with one attached hydrogen (secondary N) is 1. The van der Waals surface area contributed by atoms with Gasteiger partial charge in [0.15, 0.2) is 17.8 Å². The fourth-order valence-corrected chi connectivity index (χ4v) is 1.86. The van der Waals surface area contributed by atoms with Crippen molar-refractivity contribution < 1.29 is 13.9 Å². The van der Waals surface area contributed by atoms with Crippen LogP contribution in [0.2, 0.25) is 0 Å². The van der Waals surface area contributed by atoms with Crippen molar-refractivity contribution in [1.82, 2.24) is 10.3 Å². The molecule has 0 spiro atoms. The highest BCUT2D eigenvalue weighted by Gasteiger charge is 2.38. The van der Waals surface area contributed by atoms with Crippen LogP contribution in [0.5, 0.6) is 0 Å². The Morgan fingerprint density at radius 1 is 1.61 bits per heavy atom. The Bertz CT molecular complexity index is 465. The fourth-order valence-electron chi connectivity index (χ4n) is 1.86. The van der Waals surface area contributed by atoms with E-state index in [1.54, 1.807) is 6.34 Å². The van der Waals surface area contributed by atoms with E-state index in [0.717, 1.165) is 0 Å². The average Bonchev–Trinajstić information content (AvgIpc) is 2.91. The molecule has 2 heterocycles. The van der Waals surface area contributed by atoms with Gasteiger partial charge in [-0.1, -0.05) is 0 Å². The number of nitrogens with zero attached hydrogens (tertiary/aromatic N) is 2. The van der Waals surface area contributed by atoms with Gasteiger partial charge in [0.05, 0.1) is 11.9 Å². The first-order valence-corrected chi connectivity index (χ1v) is 5.90. The predicted molar refractivity (Wildman–Crippen MR) is 65.8 cm³/mol. The Hall–Kier alpha value is -1.69. The smallest absolute Gasteiger partial charge is 0.210 e. The number of carbonyl (C=O) groups is 1. The third-order valence-electron chi connectivity index (χ3n) is 2.89. The van der Waals surface area contributed by atoms with Gasteiger partial charge in [0.1, 0.15) is 12.6 Å². The molecule has 2 rings (SSSR count). The summed E-state index contributed by atoms with van der Waals surface area (Å²) >= 11 is 0. The minimum atomic E-state index is -0.291. The summed E-state index contributed by atoms with van der Waals surface area (Å²) in [4.78, 5) is 20.2. The van der Waals surface area contributed by atoms with Gasteiger partial charge >= 0.3 is 0 Å². The highest BCUT2D eigenvalue weighted by Crippen LogP contribution is 2.33. The lowest BCUT2D eigenvalue weighted by atomic mass is 9.93. The third-order valence-corrected chi connectivity index (χ3v) is 2.89. The molecule has 1 N–H and O–H groups in total. The van der Waals surface area contributed by atoms with Crippen molar-refractivity contribution >= 4 is 12.1 Å². The van der Waals surface area contributed by atoms with E-state index in [4.69, 9.17) is 9.15 Å². The Balaban J connectivity index is 2.22. The summed E-state index contributed by atoms with van der Waals surface area (Å²) in [5, 5.41) is 3.12. The Morgan fingerprint density at radius 3 is 3.00 bits per heavy atom. The van der Waals surface area contributed by atoms with E-state index >= 15 is 0 Å². The van der Waals surface area contributed by atoms with Gasteiger partial charge in [-0.15, -0.1) is 0 Å².